The summed E-state index contributed by atoms with van der Waals surface area (Å²) in [6.07, 6.45) is 30.3. The Labute approximate surface area is 258 Å². The number of nitrogens with zero attached hydrogens (tertiary/aromatic N) is 2. The Kier molecular flexibility index (Phi) is 22.1. The molecule has 2 aromatic rings. The van der Waals surface area contributed by atoms with Gasteiger partial charge in [0.15, 0.2) is 0 Å². The number of ether oxygens (including phenoxy) is 2. The van der Waals surface area contributed by atoms with Gasteiger partial charge in [-0.1, -0.05) is 129 Å². The van der Waals surface area contributed by atoms with Crippen LogP contribution in [0.3, 0.4) is 0 Å². The third-order valence-electron chi connectivity index (χ3n) is 7.72. The molecule has 0 unspecified atom stereocenters. The summed E-state index contributed by atoms with van der Waals surface area (Å²) < 4.78 is 11.8. The summed E-state index contributed by atoms with van der Waals surface area (Å²) in [6, 6.07) is 15.9. The Balaban J connectivity index is 1.50. The predicted molar refractivity (Wildman–Crippen MR) is 184 cm³/mol. The van der Waals surface area contributed by atoms with Crippen molar-refractivity contribution in [2.24, 2.45) is 9.98 Å². The van der Waals surface area contributed by atoms with Crippen molar-refractivity contribution in [3.63, 3.8) is 0 Å². The molecule has 2 aromatic carbocycles. The van der Waals surface area contributed by atoms with Crippen molar-refractivity contribution in [1.82, 2.24) is 0 Å². The van der Waals surface area contributed by atoms with Crippen LogP contribution in [0.2, 0.25) is 0 Å². The largest absolute Gasteiger partial charge is 0.494 e. The minimum absolute atomic E-state index is 0.787. The number of hydrogen-bond donors (Lipinski definition) is 0. The highest BCUT2D eigenvalue weighted by atomic mass is 16.5. The van der Waals surface area contributed by atoms with Gasteiger partial charge < -0.3 is 9.47 Å². The van der Waals surface area contributed by atoms with Crippen LogP contribution < -0.4 is 9.47 Å². The van der Waals surface area contributed by atoms with Crippen molar-refractivity contribution >= 4 is 23.8 Å². The van der Waals surface area contributed by atoms with Crippen LogP contribution in [0.15, 0.2) is 58.5 Å². The van der Waals surface area contributed by atoms with E-state index in [9.17, 15) is 0 Å². The van der Waals surface area contributed by atoms with Gasteiger partial charge in [-0.3, -0.25) is 9.98 Å². The minimum Gasteiger partial charge on any atom is -0.494 e. The van der Waals surface area contributed by atoms with Crippen molar-refractivity contribution in [2.75, 3.05) is 13.2 Å². The van der Waals surface area contributed by atoms with Crippen LogP contribution in [0, 0.1) is 0 Å². The van der Waals surface area contributed by atoms with Crippen LogP contribution in [0.4, 0.5) is 11.4 Å². The molecule has 0 aromatic heterocycles. The van der Waals surface area contributed by atoms with Gasteiger partial charge in [0.05, 0.1) is 24.6 Å². The molecule has 0 fully saturated rings. The zero-order chi connectivity index (χ0) is 29.8. The lowest BCUT2D eigenvalue weighted by molar-refractivity contribution is 0.304. The Morgan fingerprint density at radius 3 is 1.00 bits per heavy atom. The maximum Gasteiger partial charge on any atom is 0.119 e. The monoisotopic (exact) mass is 576 g/mol. The molecule has 0 heterocycles. The van der Waals surface area contributed by atoms with E-state index in [4.69, 9.17) is 9.47 Å². The van der Waals surface area contributed by atoms with E-state index in [2.05, 4.69) is 23.8 Å². The standard InChI is InChI=1S/C38H60N2O2/c1-3-5-7-9-11-13-15-17-19-21-33-41-37-27-23-35(24-28-37)39-31-32-40-36-25-29-38(30-26-36)42-34-22-20-18-16-14-12-10-8-6-4-2/h23-32H,3-22,33-34H2,1-2H3. The van der Waals surface area contributed by atoms with Crippen LogP contribution in [0.5, 0.6) is 11.5 Å². The SMILES string of the molecule is CCCCCCCCCCCCOc1ccc(N=CC=Nc2ccc(OCCCCCCCCCCCC)cc2)cc1. The van der Waals surface area contributed by atoms with Crippen molar-refractivity contribution < 1.29 is 9.47 Å². The number of aliphatic imine (C=N–C) groups is 2. The van der Waals surface area contributed by atoms with Crippen molar-refractivity contribution in [3.8, 4) is 11.5 Å². The summed E-state index contributed by atoms with van der Waals surface area (Å²) in [7, 11) is 0. The number of rotatable bonds is 27. The highest BCUT2D eigenvalue weighted by molar-refractivity contribution is 6.17. The Morgan fingerprint density at radius 2 is 0.690 bits per heavy atom. The first-order valence-corrected chi connectivity index (χ1v) is 17.3. The second-order valence-corrected chi connectivity index (χ2v) is 11.6. The second kappa shape index (κ2) is 26.0. The molecule has 0 amide bonds. The Hall–Kier alpha value is -2.62. The topological polar surface area (TPSA) is 43.2 Å². The van der Waals surface area contributed by atoms with Gasteiger partial charge in [-0.15, -0.1) is 0 Å². The number of benzene rings is 2. The van der Waals surface area contributed by atoms with E-state index in [0.717, 1.165) is 48.9 Å². The summed E-state index contributed by atoms with van der Waals surface area (Å²) in [5.74, 6) is 1.82. The molecule has 234 valence electrons. The summed E-state index contributed by atoms with van der Waals surface area (Å²) in [6.45, 7) is 6.12. The molecule has 42 heavy (non-hydrogen) atoms. The maximum atomic E-state index is 5.90. The Bertz CT molecular complexity index is 844. The molecule has 0 atom stereocenters. The first-order valence-electron chi connectivity index (χ1n) is 17.3. The predicted octanol–water partition coefficient (Wildman–Crippen LogP) is 12.4. The van der Waals surface area contributed by atoms with E-state index in [1.165, 1.54) is 116 Å². The molecule has 0 saturated carbocycles. The lowest BCUT2D eigenvalue weighted by atomic mass is 10.1. The van der Waals surface area contributed by atoms with Gasteiger partial charge in [0, 0.05) is 12.4 Å². The second-order valence-electron chi connectivity index (χ2n) is 11.6. The van der Waals surface area contributed by atoms with Gasteiger partial charge >= 0.3 is 0 Å². The van der Waals surface area contributed by atoms with Crippen molar-refractivity contribution in [3.05, 3.63) is 48.5 Å². The molecule has 2 rings (SSSR count). The number of unbranched alkanes of at least 4 members (excludes halogenated alkanes) is 18. The smallest absolute Gasteiger partial charge is 0.119 e. The molecular formula is C38H60N2O2. The molecule has 4 heteroatoms. The van der Waals surface area contributed by atoms with Crippen molar-refractivity contribution in [2.45, 2.75) is 142 Å². The minimum atomic E-state index is 0.787. The summed E-state index contributed by atoms with van der Waals surface area (Å²) in [5.41, 5.74) is 1.78. The van der Waals surface area contributed by atoms with Gasteiger partial charge in [0.1, 0.15) is 11.5 Å². The molecule has 0 aliphatic rings. The molecule has 0 saturated heterocycles. The molecule has 4 nitrogen and oxygen atoms in total. The molecule has 0 aliphatic carbocycles. The van der Waals surface area contributed by atoms with Crippen LogP contribution in [-0.4, -0.2) is 25.6 Å². The molecular weight excluding hydrogens is 516 g/mol. The summed E-state index contributed by atoms with van der Waals surface area (Å²) in [4.78, 5) is 8.96. The van der Waals surface area contributed by atoms with Gasteiger partial charge in [0.25, 0.3) is 0 Å². The average molecular weight is 577 g/mol. The average Bonchev–Trinajstić information content (AvgIpc) is 3.02. The van der Waals surface area contributed by atoms with E-state index in [1.807, 2.05) is 48.5 Å². The quantitative estimate of drug-likeness (QED) is 0.0784. The van der Waals surface area contributed by atoms with E-state index < -0.39 is 0 Å². The van der Waals surface area contributed by atoms with Crippen molar-refractivity contribution in [1.29, 1.82) is 0 Å². The van der Waals surface area contributed by atoms with Crippen LogP contribution >= 0.6 is 0 Å². The normalized spacial score (nSPS) is 11.6. The first kappa shape index (κ1) is 35.6. The van der Waals surface area contributed by atoms with E-state index in [1.54, 1.807) is 12.4 Å². The highest BCUT2D eigenvalue weighted by Crippen LogP contribution is 2.20. The molecule has 0 aliphatic heterocycles. The molecule has 0 radical (unpaired) electrons. The van der Waals surface area contributed by atoms with E-state index in [0.29, 0.717) is 0 Å². The number of hydrogen-bond acceptors (Lipinski definition) is 4. The lowest BCUT2D eigenvalue weighted by Crippen LogP contribution is -1.97. The third kappa shape index (κ3) is 19.5. The fraction of sp³-hybridized carbons (Fsp3) is 0.632. The van der Waals surface area contributed by atoms with E-state index in [-0.39, 0.29) is 0 Å². The third-order valence-corrected chi connectivity index (χ3v) is 7.72. The molecule has 0 bridgehead atoms. The zero-order valence-corrected chi connectivity index (χ0v) is 27.0. The molecule has 0 spiro atoms. The lowest BCUT2D eigenvalue weighted by Gasteiger charge is -2.06. The summed E-state index contributed by atoms with van der Waals surface area (Å²) >= 11 is 0. The van der Waals surface area contributed by atoms with Crippen LogP contribution in [0.25, 0.3) is 0 Å². The van der Waals surface area contributed by atoms with E-state index >= 15 is 0 Å². The zero-order valence-electron chi connectivity index (χ0n) is 27.0. The van der Waals surface area contributed by atoms with Crippen LogP contribution in [0.1, 0.15) is 142 Å². The van der Waals surface area contributed by atoms with Gasteiger partial charge in [-0.05, 0) is 61.4 Å². The maximum absolute atomic E-state index is 5.90. The highest BCUT2D eigenvalue weighted by Gasteiger charge is 1.98. The first-order chi connectivity index (χ1) is 20.8. The van der Waals surface area contributed by atoms with Crippen LogP contribution in [-0.2, 0) is 0 Å². The van der Waals surface area contributed by atoms with Gasteiger partial charge in [-0.25, -0.2) is 0 Å². The Morgan fingerprint density at radius 1 is 0.405 bits per heavy atom. The van der Waals surface area contributed by atoms with Gasteiger partial charge in [0.2, 0.25) is 0 Å². The summed E-state index contributed by atoms with van der Waals surface area (Å²) in [5, 5.41) is 0. The fourth-order valence-corrected chi connectivity index (χ4v) is 5.05. The molecule has 0 N–H and O–H groups in total. The fourth-order valence-electron chi connectivity index (χ4n) is 5.05. The van der Waals surface area contributed by atoms with Gasteiger partial charge in [-0.2, -0.15) is 0 Å².